The summed E-state index contributed by atoms with van der Waals surface area (Å²) in [5.41, 5.74) is 7.34. The largest absolute Gasteiger partial charge is 0.383 e. The third-order valence-electron chi connectivity index (χ3n) is 2.87. The van der Waals surface area contributed by atoms with Gasteiger partial charge in [-0.3, -0.25) is 4.79 Å². The van der Waals surface area contributed by atoms with E-state index in [1.807, 2.05) is 38.1 Å². The van der Waals surface area contributed by atoms with Gasteiger partial charge in [0.2, 0.25) is 0 Å². The van der Waals surface area contributed by atoms with Crippen LogP contribution in [-0.2, 0) is 6.42 Å². The highest BCUT2D eigenvalue weighted by Gasteiger charge is 2.12. The first kappa shape index (κ1) is 13.8. The van der Waals surface area contributed by atoms with E-state index >= 15 is 0 Å². The van der Waals surface area contributed by atoms with Crippen molar-refractivity contribution in [3.63, 3.8) is 0 Å². The third-order valence-corrected chi connectivity index (χ3v) is 3.37. The number of nitrogen functional groups attached to an aromatic ring is 1. The average Bonchev–Trinajstić information content (AvgIpc) is 2.27. The molecule has 0 aliphatic rings. The van der Waals surface area contributed by atoms with E-state index in [1.54, 1.807) is 0 Å². The summed E-state index contributed by atoms with van der Waals surface area (Å²) in [6.07, 6.45) is 0.553. The number of anilines is 1. The van der Waals surface area contributed by atoms with Crippen molar-refractivity contribution < 1.29 is 0 Å². The first-order valence-corrected chi connectivity index (χ1v) is 6.89. The van der Waals surface area contributed by atoms with Gasteiger partial charge in [-0.1, -0.05) is 41.9 Å². The van der Waals surface area contributed by atoms with Gasteiger partial charge in [-0.15, -0.1) is 0 Å². The second-order valence-electron chi connectivity index (χ2n) is 4.77. The van der Waals surface area contributed by atoms with Crippen LogP contribution in [0.4, 0.5) is 5.82 Å². The number of H-pyrrole nitrogens is 1. The molecule has 0 unspecified atom stereocenters. The van der Waals surface area contributed by atoms with Crippen LogP contribution in [0.15, 0.2) is 33.5 Å². The second kappa shape index (κ2) is 5.57. The van der Waals surface area contributed by atoms with E-state index in [4.69, 9.17) is 5.73 Å². The number of hydrogen-bond acceptors (Lipinski definition) is 3. The van der Waals surface area contributed by atoms with Crippen LogP contribution in [0.1, 0.15) is 36.7 Å². The van der Waals surface area contributed by atoms with Gasteiger partial charge in [-0.05, 0) is 23.6 Å². The Bertz CT molecular complexity index is 649. The third kappa shape index (κ3) is 3.23. The lowest BCUT2D eigenvalue weighted by molar-refractivity contribution is 0.817. The minimum absolute atomic E-state index is 0.0659. The predicted molar refractivity (Wildman–Crippen MR) is 80.3 cm³/mol. The smallest absolute Gasteiger partial charge is 0.256 e. The summed E-state index contributed by atoms with van der Waals surface area (Å²) >= 11 is 3.42. The lowest BCUT2D eigenvalue weighted by Gasteiger charge is -2.09. The Morgan fingerprint density at radius 3 is 2.74 bits per heavy atom. The Kier molecular flexibility index (Phi) is 4.04. The van der Waals surface area contributed by atoms with Crippen LogP contribution in [-0.4, -0.2) is 9.97 Å². The fourth-order valence-electron chi connectivity index (χ4n) is 2.03. The normalized spacial score (nSPS) is 10.9. The van der Waals surface area contributed by atoms with Crippen molar-refractivity contribution in [1.82, 2.24) is 9.97 Å². The van der Waals surface area contributed by atoms with E-state index < -0.39 is 0 Å². The molecule has 19 heavy (non-hydrogen) atoms. The van der Waals surface area contributed by atoms with E-state index in [2.05, 4.69) is 25.9 Å². The minimum atomic E-state index is -0.146. The lowest BCUT2D eigenvalue weighted by Crippen LogP contribution is -2.20. The maximum absolute atomic E-state index is 12.0. The summed E-state index contributed by atoms with van der Waals surface area (Å²) in [5, 5.41) is 0. The Balaban J connectivity index is 2.35. The predicted octanol–water partition coefficient (Wildman–Crippen LogP) is 2.83. The topological polar surface area (TPSA) is 71.8 Å². The summed E-state index contributed by atoms with van der Waals surface area (Å²) in [6.45, 7) is 3.85. The highest BCUT2D eigenvalue weighted by molar-refractivity contribution is 9.10. The number of nitrogens with two attached hydrogens (primary N) is 1. The zero-order valence-electron chi connectivity index (χ0n) is 10.9. The molecule has 2 rings (SSSR count). The van der Waals surface area contributed by atoms with Crippen LogP contribution < -0.4 is 11.3 Å². The molecule has 100 valence electrons. The molecule has 0 bridgehead atoms. The molecule has 4 nitrogen and oxygen atoms in total. The number of halogens is 1. The van der Waals surface area contributed by atoms with Crippen LogP contribution in [0, 0.1) is 0 Å². The summed E-state index contributed by atoms with van der Waals surface area (Å²) in [5.74, 6) is 0.977. The van der Waals surface area contributed by atoms with Gasteiger partial charge in [0.25, 0.3) is 5.56 Å². The zero-order chi connectivity index (χ0) is 14.0. The number of nitrogens with one attached hydrogen (secondary N) is 1. The van der Waals surface area contributed by atoms with Gasteiger partial charge in [0.1, 0.15) is 11.6 Å². The quantitative estimate of drug-likeness (QED) is 0.913. The molecule has 3 N–H and O–H groups in total. The summed E-state index contributed by atoms with van der Waals surface area (Å²) < 4.78 is 0.999. The molecular formula is C14H16BrN3O. The van der Waals surface area contributed by atoms with Crippen molar-refractivity contribution in [3.8, 4) is 0 Å². The van der Waals surface area contributed by atoms with E-state index in [9.17, 15) is 4.79 Å². The van der Waals surface area contributed by atoms with E-state index in [1.165, 1.54) is 0 Å². The molecular weight excluding hydrogens is 306 g/mol. The molecule has 0 spiro atoms. The molecule has 1 aromatic carbocycles. The molecule has 0 aliphatic carbocycles. The van der Waals surface area contributed by atoms with Crippen molar-refractivity contribution in [1.29, 1.82) is 0 Å². The molecule has 1 aromatic heterocycles. The van der Waals surface area contributed by atoms with Gasteiger partial charge >= 0.3 is 0 Å². The van der Waals surface area contributed by atoms with E-state index in [0.29, 0.717) is 23.6 Å². The first-order valence-electron chi connectivity index (χ1n) is 6.10. The van der Waals surface area contributed by atoms with Gasteiger partial charge in [0.05, 0.1) is 5.56 Å². The van der Waals surface area contributed by atoms with Crippen molar-refractivity contribution in [2.45, 2.75) is 26.2 Å². The summed E-state index contributed by atoms with van der Waals surface area (Å²) in [4.78, 5) is 19.1. The second-order valence-corrected chi connectivity index (χ2v) is 5.69. The highest BCUT2D eigenvalue weighted by atomic mass is 79.9. The SMILES string of the molecule is CC(C)c1c(N)nc(Cc2cccc(Br)c2)[nH]c1=O. The minimum Gasteiger partial charge on any atom is -0.383 e. The first-order chi connectivity index (χ1) is 8.97. The van der Waals surface area contributed by atoms with Crippen molar-refractivity contribution in [3.05, 3.63) is 56.0 Å². The van der Waals surface area contributed by atoms with Crippen LogP contribution >= 0.6 is 15.9 Å². The monoisotopic (exact) mass is 321 g/mol. The number of rotatable bonds is 3. The highest BCUT2D eigenvalue weighted by Crippen LogP contribution is 2.17. The maximum Gasteiger partial charge on any atom is 0.256 e. The zero-order valence-corrected chi connectivity index (χ0v) is 12.5. The molecule has 5 heteroatoms. The number of aromatic amines is 1. The van der Waals surface area contributed by atoms with Crippen molar-refractivity contribution >= 4 is 21.7 Å². The standard InChI is InChI=1S/C14H16BrN3O/c1-8(2)12-13(16)17-11(18-14(12)19)7-9-4-3-5-10(15)6-9/h3-6,8H,7H2,1-2H3,(H3,16,17,18,19). The van der Waals surface area contributed by atoms with Crippen LogP contribution in [0.3, 0.4) is 0 Å². The molecule has 0 saturated carbocycles. The van der Waals surface area contributed by atoms with Gasteiger partial charge in [-0.2, -0.15) is 0 Å². The van der Waals surface area contributed by atoms with Gasteiger partial charge in [0, 0.05) is 10.9 Å². The van der Waals surface area contributed by atoms with Crippen LogP contribution in [0.2, 0.25) is 0 Å². The maximum atomic E-state index is 12.0. The number of nitrogens with zero attached hydrogens (tertiary/aromatic N) is 1. The summed E-state index contributed by atoms with van der Waals surface area (Å²) in [7, 11) is 0. The molecule has 2 aromatic rings. The molecule has 1 heterocycles. The fourth-order valence-corrected chi connectivity index (χ4v) is 2.48. The van der Waals surface area contributed by atoms with E-state index in [-0.39, 0.29) is 11.5 Å². The lowest BCUT2D eigenvalue weighted by atomic mass is 10.1. The Hall–Kier alpha value is -1.62. The van der Waals surface area contributed by atoms with Crippen LogP contribution in [0.25, 0.3) is 0 Å². The molecule has 0 radical (unpaired) electrons. The Morgan fingerprint density at radius 2 is 2.16 bits per heavy atom. The van der Waals surface area contributed by atoms with Gasteiger partial charge in [-0.25, -0.2) is 4.98 Å². The van der Waals surface area contributed by atoms with Gasteiger partial charge in [0.15, 0.2) is 0 Å². The summed E-state index contributed by atoms with van der Waals surface area (Å²) in [6, 6.07) is 7.88. The molecule has 0 amide bonds. The van der Waals surface area contributed by atoms with E-state index in [0.717, 1.165) is 10.0 Å². The molecule has 0 fully saturated rings. The van der Waals surface area contributed by atoms with Crippen molar-refractivity contribution in [2.24, 2.45) is 0 Å². The average molecular weight is 322 g/mol. The molecule has 0 saturated heterocycles. The van der Waals surface area contributed by atoms with Crippen molar-refractivity contribution in [2.75, 3.05) is 5.73 Å². The Morgan fingerprint density at radius 1 is 1.42 bits per heavy atom. The Labute approximate surface area is 120 Å². The number of aromatic nitrogens is 2. The number of benzene rings is 1. The number of hydrogen-bond donors (Lipinski definition) is 2. The molecule has 0 atom stereocenters. The van der Waals surface area contributed by atoms with Gasteiger partial charge < -0.3 is 10.7 Å². The molecule has 0 aliphatic heterocycles. The fraction of sp³-hybridized carbons (Fsp3) is 0.286. The van der Waals surface area contributed by atoms with Crippen LogP contribution in [0.5, 0.6) is 0 Å².